The van der Waals surface area contributed by atoms with Crippen LogP contribution in [0.3, 0.4) is 0 Å². The minimum absolute atomic E-state index is 0.236. The molecule has 0 aliphatic heterocycles. The standard InChI is InChI=1S/C15H34N2/c1-13(14(2,3)4)9-11-17(8)12-10-16-15(5,6)7/h13,16H,9-12H2,1-8H3. The van der Waals surface area contributed by atoms with Gasteiger partial charge in [0.05, 0.1) is 0 Å². The SMILES string of the molecule is CC(CCN(C)CCNC(C)(C)C)C(C)(C)C. The Kier molecular flexibility index (Phi) is 6.71. The van der Waals surface area contributed by atoms with Crippen LogP contribution in [0.15, 0.2) is 0 Å². The molecule has 0 aromatic rings. The third-order valence-electron chi connectivity index (χ3n) is 3.57. The third-order valence-corrected chi connectivity index (χ3v) is 3.57. The summed E-state index contributed by atoms with van der Waals surface area (Å²) in [6.07, 6.45) is 1.29. The van der Waals surface area contributed by atoms with Crippen LogP contribution in [0.5, 0.6) is 0 Å². The van der Waals surface area contributed by atoms with Crippen molar-refractivity contribution in [3.8, 4) is 0 Å². The highest BCUT2D eigenvalue weighted by Gasteiger charge is 2.19. The second-order valence-corrected chi connectivity index (χ2v) is 7.54. The molecular weight excluding hydrogens is 208 g/mol. The molecule has 2 heteroatoms. The average molecular weight is 242 g/mol. The largest absolute Gasteiger partial charge is 0.311 e. The zero-order chi connectivity index (χ0) is 13.7. The van der Waals surface area contributed by atoms with Crippen molar-refractivity contribution in [3.05, 3.63) is 0 Å². The summed E-state index contributed by atoms with van der Waals surface area (Å²) in [5.41, 5.74) is 0.671. The van der Waals surface area contributed by atoms with E-state index in [2.05, 4.69) is 65.7 Å². The highest BCUT2D eigenvalue weighted by molar-refractivity contribution is 4.73. The Hall–Kier alpha value is -0.0800. The fourth-order valence-corrected chi connectivity index (χ4v) is 1.58. The number of nitrogens with one attached hydrogen (secondary N) is 1. The summed E-state index contributed by atoms with van der Waals surface area (Å²) in [5.74, 6) is 0.778. The molecule has 0 fully saturated rings. The van der Waals surface area contributed by atoms with Gasteiger partial charge in [-0.3, -0.25) is 0 Å². The maximum Gasteiger partial charge on any atom is 0.0104 e. The van der Waals surface area contributed by atoms with Crippen LogP contribution >= 0.6 is 0 Å². The Bertz CT molecular complexity index is 198. The van der Waals surface area contributed by atoms with E-state index in [1.165, 1.54) is 13.0 Å². The van der Waals surface area contributed by atoms with Crippen molar-refractivity contribution in [3.63, 3.8) is 0 Å². The first-order valence-electron chi connectivity index (χ1n) is 6.96. The predicted molar refractivity (Wildman–Crippen MR) is 78.5 cm³/mol. The molecule has 0 aromatic heterocycles. The molecule has 0 saturated heterocycles. The first-order chi connectivity index (χ1) is 7.52. The molecule has 0 bridgehead atoms. The van der Waals surface area contributed by atoms with Gasteiger partial charge in [-0.15, -0.1) is 0 Å². The molecule has 0 aliphatic rings. The second-order valence-electron chi connectivity index (χ2n) is 7.54. The van der Waals surface area contributed by atoms with E-state index in [-0.39, 0.29) is 5.54 Å². The van der Waals surface area contributed by atoms with Crippen molar-refractivity contribution in [2.75, 3.05) is 26.7 Å². The van der Waals surface area contributed by atoms with Crippen LogP contribution in [0.25, 0.3) is 0 Å². The van der Waals surface area contributed by atoms with Crippen LogP contribution in [-0.2, 0) is 0 Å². The summed E-state index contributed by atoms with van der Waals surface area (Å²) in [7, 11) is 2.22. The fraction of sp³-hybridized carbons (Fsp3) is 1.00. The lowest BCUT2D eigenvalue weighted by atomic mass is 9.80. The molecule has 0 rings (SSSR count). The second kappa shape index (κ2) is 6.75. The number of likely N-dealkylation sites (N-methyl/N-ethyl adjacent to an activating group) is 1. The predicted octanol–water partition coefficient (Wildman–Crippen LogP) is 3.38. The minimum atomic E-state index is 0.236. The van der Waals surface area contributed by atoms with E-state index in [4.69, 9.17) is 0 Å². The highest BCUT2D eigenvalue weighted by atomic mass is 15.1. The summed E-state index contributed by atoms with van der Waals surface area (Å²) < 4.78 is 0. The minimum Gasteiger partial charge on any atom is -0.311 e. The van der Waals surface area contributed by atoms with E-state index >= 15 is 0 Å². The first kappa shape index (κ1) is 16.9. The number of nitrogens with zero attached hydrogens (tertiary/aromatic N) is 1. The van der Waals surface area contributed by atoms with Gasteiger partial charge >= 0.3 is 0 Å². The van der Waals surface area contributed by atoms with Crippen LogP contribution < -0.4 is 5.32 Å². The molecule has 0 heterocycles. The van der Waals surface area contributed by atoms with Crippen LogP contribution in [-0.4, -0.2) is 37.1 Å². The van der Waals surface area contributed by atoms with Gasteiger partial charge in [-0.25, -0.2) is 0 Å². The molecule has 1 N–H and O–H groups in total. The fourth-order valence-electron chi connectivity index (χ4n) is 1.58. The maximum absolute atomic E-state index is 3.53. The van der Waals surface area contributed by atoms with E-state index in [9.17, 15) is 0 Å². The van der Waals surface area contributed by atoms with Crippen LogP contribution in [0.2, 0.25) is 0 Å². The number of hydrogen-bond acceptors (Lipinski definition) is 2. The topological polar surface area (TPSA) is 15.3 Å². The molecule has 0 radical (unpaired) electrons. The van der Waals surface area contributed by atoms with Gasteiger partial charge in [-0.05, 0) is 52.1 Å². The molecule has 0 aromatic carbocycles. The van der Waals surface area contributed by atoms with E-state index in [1.807, 2.05) is 0 Å². The smallest absolute Gasteiger partial charge is 0.0104 e. The molecular formula is C15H34N2. The van der Waals surface area contributed by atoms with Gasteiger partial charge < -0.3 is 10.2 Å². The summed E-state index contributed by atoms with van der Waals surface area (Å²) in [6.45, 7) is 19.4. The summed E-state index contributed by atoms with van der Waals surface area (Å²) >= 11 is 0. The lowest BCUT2D eigenvalue weighted by molar-refractivity contribution is 0.210. The average Bonchev–Trinajstić information content (AvgIpc) is 2.10. The number of hydrogen-bond donors (Lipinski definition) is 1. The third kappa shape index (κ3) is 9.61. The summed E-state index contributed by atoms with van der Waals surface area (Å²) in [5, 5.41) is 3.53. The van der Waals surface area contributed by atoms with Gasteiger partial charge in [0.2, 0.25) is 0 Å². The molecule has 0 spiro atoms. The molecule has 104 valence electrons. The Morgan fingerprint density at radius 3 is 1.94 bits per heavy atom. The van der Waals surface area contributed by atoms with E-state index in [0.717, 1.165) is 19.0 Å². The normalized spacial score (nSPS) is 15.4. The van der Waals surface area contributed by atoms with E-state index in [1.54, 1.807) is 0 Å². The first-order valence-corrected chi connectivity index (χ1v) is 6.96. The van der Waals surface area contributed by atoms with Crippen molar-refractivity contribution < 1.29 is 0 Å². The van der Waals surface area contributed by atoms with Crippen molar-refractivity contribution in [2.24, 2.45) is 11.3 Å². The van der Waals surface area contributed by atoms with Crippen molar-refractivity contribution >= 4 is 0 Å². The Morgan fingerprint density at radius 2 is 1.53 bits per heavy atom. The zero-order valence-electron chi connectivity index (χ0n) is 13.4. The molecule has 17 heavy (non-hydrogen) atoms. The zero-order valence-corrected chi connectivity index (χ0v) is 13.4. The summed E-state index contributed by atoms with van der Waals surface area (Å²) in [4.78, 5) is 2.43. The number of rotatable bonds is 6. The van der Waals surface area contributed by atoms with Gasteiger partial charge in [0.25, 0.3) is 0 Å². The van der Waals surface area contributed by atoms with Gasteiger partial charge in [-0.1, -0.05) is 27.7 Å². The van der Waals surface area contributed by atoms with Crippen LogP contribution in [0, 0.1) is 11.3 Å². The molecule has 0 amide bonds. The van der Waals surface area contributed by atoms with Crippen molar-refractivity contribution in [1.29, 1.82) is 0 Å². The molecule has 0 aliphatic carbocycles. The van der Waals surface area contributed by atoms with Gasteiger partial charge in [0, 0.05) is 18.6 Å². The Balaban J connectivity index is 3.70. The molecule has 1 atom stereocenters. The van der Waals surface area contributed by atoms with Crippen molar-refractivity contribution in [2.45, 2.75) is 60.4 Å². The maximum atomic E-state index is 3.53. The monoisotopic (exact) mass is 242 g/mol. The summed E-state index contributed by atoms with van der Waals surface area (Å²) in [6, 6.07) is 0. The quantitative estimate of drug-likeness (QED) is 0.768. The molecule has 1 unspecified atom stereocenters. The van der Waals surface area contributed by atoms with Crippen LogP contribution in [0.1, 0.15) is 54.9 Å². The van der Waals surface area contributed by atoms with Gasteiger partial charge in [0.15, 0.2) is 0 Å². The highest BCUT2D eigenvalue weighted by Crippen LogP contribution is 2.27. The van der Waals surface area contributed by atoms with E-state index in [0.29, 0.717) is 5.41 Å². The Morgan fingerprint density at radius 1 is 1.00 bits per heavy atom. The lowest BCUT2D eigenvalue weighted by Crippen LogP contribution is -2.41. The van der Waals surface area contributed by atoms with Gasteiger partial charge in [-0.2, -0.15) is 0 Å². The lowest BCUT2D eigenvalue weighted by Gasteiger charge is -2.29. The van der Waals surface area contributed by atoms with E-state index < -0.39 is 0 Å². The molecule has 2 nitrogen and oxygen atoms in total. The molecule has 0 saturated carbocycles. The van der Waals surface area contributed by atoms with Crippen LogP contribution in [0.4, 0.5) is 0 Å². The van der Waals surface area contributed by atoms with Gasteiger partial charge in [0.1, 0.15) is 0 Å². The van der Waals surface area contributed by atoms with Crippen molar-refractivity contribution in [1.82, 2.24) is 10.2 Å². The Labute approximate surface area is 109 Å².